The molecule has 0 aliphatic rings. The Kier molecular flexibility index (Phi) is 2.17. The zero-order valence-electron chi connectivity index (χ0n) is 5.58. The predicted molar refractivity (Wildman–Crippen MR) is 33.7 cm³/mol. The maximum Gasteiger partial charge on any atom is 0.334 e. The Hall–Kier alpha value is -1.43. The summed E-state index contributed by atoms with van der Waals surface area (Å²) in [5.74, 6) is -1.26. The van der Waals surface area contributed by atoms with Crippen molar-refractivity contribution in [1.82, 2.24) is 14.8 Å². The summed E-state index contributed by atoms with van der Waals surface area (Å²) in [4.78, 5) is 13.7. The molecule has 0 aliphatic carbocycles. The van der Waals surface area contributed by atoms with E-state index in [1.54, 1.807) is 0 Å². The zero-order chi connectivity index (χ0) is 8.27. The number of aliphatic hydroxyl groups excluding tert-OH is 1. The van der Waals surface area contributed by atoms with Gasteiger partial charge in [-0.25, -0.2) is 14.5 Å². The Morgan fingerprint density at radius 2 is 2.45 bits per heavy atom. The van der Waals surface area contributed by atoms with Gasteiger partial charge in [0.1, 0.15) is 12.7 Å². The van der Waals surface area contributed by atoms with E-state index in [9.17, 15) is 4.79 Å². The molecule has 11 heavy (non-hydrogen) atoms. The Morgan fingerprint density at radius 1 is 1.73 bits per heavy atom. The molecule has 1 aromatic rings. The van der Waals surface area contributed by atoms with Crippen LogP contribution in [0.1, 0.15) is 0 Å². The SMILES string of the molecule is O=C(O)C(O)C[15n]1[13cH][15n][13cH][15n]1. The van der Waals surface area contributed by atoms with Crippen LogP contribution < -0.4 is 0 Å². The van der Waals surface area contributed by atoms with E-state index in [2.05, 4.69) is 10.1 Å². The smallest absolute Gasteiger partial charge is 0.334 e. The number of hydrogen-bond acceptors (Lipinski definition) is 4. The van der Waals surface area contributed by atoms with E-state index in [1.165, 1.54) is 17.3 Å². The summed E-state index contributed by atoms with van der Waals surface area (Å²) >= 11 is 0. The van der Waals surface area contributed by atoms with Gasteiger partial charge in [-0.3, -0.25) is 0 Å². The molecule has 0 amide bonds. The first-order valence-electron chi connectivity index (χ1n) is 2.93. The lowest BCUT2D eigenvalue weighted by Gasteiger charge is -2.02. The van der Waals surface area contributed by atoms with Gasteiger partial charge in [0.2, 0.25) is 0 Å². The van der Waals surface area contributed by atoms with Crippen LogP contribution in [-0.4, -0.2) is 37.1 Å². The minimum atomic E-state index is -1.42. The average Bonchev–Trinajstić information content (AvgIpc) is 2.39. The summed E-state index contributed by atoms with van der Waals surface area (Å²) in [5, 5.41) is 20.7. The lowest BCUT2D eigenvalue weighted by molar-refractivity contribution is -0.147. The lowest BCUT2D eigenvalue weighted by atomic mass is 10.4. The van der Waals surface area contributed by atoms with E-state index in [1.807, 2.05) is 0 Å². The fraction of sp³-hybridized carbons (Fsp3) is 0.400. The highest BCUT2D eigenvalue weighted by Gasteiger charge is 2.13. The van der Waals surface area contributed by atoms with Gasteiger partial charge in [-0.05, 0) is 0 Å². The van der Waals surface area contributed by atoms with Crippen molar-refractivity contribution in [2.24, 2.45) is 0 Å². The highest BCUT2D eigenvalue weighted by atomic mass is 16.4. The average molecular weight is 162 g/mol. The van der Waals surface area contributed by atoms with Crippen LogP contribution in [0, 0.1) is 0 Å². The molecule has 0 saturated carbocycles. The Bertz CT molecular complexity index is 233. The van der Waals surface area contributed by atoms with Gasteiger partial charge in [-0.15, -0.1) is 0 Å². The number of carboxylic acid groups (broad SMARTS) is 1. The highest BCUT2D eigenvalue weighted by Crippen LogP contribution is 1.88. The molecule has 1 unspecified atom stereocenters. The van der Waals surface area contributed by atoms with Crippen LogP contribution in [0.4, 0.5) is 0 Å². The number of hydrogen-bond donors (Lipinski definition) is 2. The van der Waals surface area contributed by atoms with Crippen molar-refractivity contribution in [3.63, 3.8) is 0 Å². The molecule has 6 nitrogen and oxygen atoms in total. The van der Waals surface area contributed by atoms with Crippen molar-refractivity contribution in [1.29, 1.82) is 0 Å². The number of rotatable bonds is 3. The molecule has 2 N–H and O–H groups in total. The Labute approximate surface area is 62.1 Å². The van der Waals surface area contributed by atoms with E-state index in [4.69, 9.17) is 10.2 Å². The van der Waals surface area contributed by atoms with Gasteiger partial charge in [-0.2, -0.15) is 5.10 Å². The second kappa shape index (κ2) is 3.11. The summed E-state index contributed by atoms with van der Waals surface area (Å²) in [7, 11) is 0. The largest absolute Gasteiger partial charge is 0.479 e. The van der Waals surface area contributed by atoms with Gasteiger partial charge in [0.05, 0.1) is 6.54 Å². The molecule has 6 heteroatoms. The maximum atomic E-state index is 10.1. The van der Waals surface area contributed by atoms with Crippen molar-refractivity contribution in [2.45, 2.75) is 12.6 Å². The van der Waals surface area contributed by atoms with Crippen molar-refractivity contribution in [2.75, 3.05) is 0 Å². The van der Waals surface area contributed by atoms with E-state index in [0.29, 0.717) is 0 Å². The molecule has 0 bridgehead atoms. The van der Waals surface area contributed by atoms with Gasteiger partial charge in [0, 0.05) is 0 Å². The van der Waals surface area contributed by atoms with Crippen molar-refractivity contribution < 1.29 is 15.0 Å². The molecule has 1 heterocycles. The second-order valence-corrected chi connectivity index (χ2v) is 1.97. The van der Waals surface area contributed by atoms with Crippen LogP contribution in [0.3, 0.4) is 0 Å². The van der Waals surface area contributed by atoms with Gasteiger partial charge in [0.25, 0.3) is 0 Å². The molecule has 0 radical (unpaired) electrons. The molecule has 0 spiro atoms. The number of aliphatic hydroxyl groups is 1. The molecule has 0 fully saturated rings. The molecule has 1 atom stereocenters. The third kappa shape index (κ3) is 2.01. The fourth-order valence-electron chi connectivity index (χ4n) is 0.582. The summed E-state index contributed by atoms with van der Waals surface area (Å²) in [6.07, 6.45) is 1.19. The first kappa shape index (κ1) is 7.67. The molecule has 0 aromatic carbocycles. The van der Waals surface area contributed by atoms with Crippen LogP contribution in [0.2, 0.25) is 0 Å². The third-order valence-electron chi connectivity index (χ3n) is 1.11. The summed E-state index contributed by atoms with van der Waals surface area (Å²) in [6.45, 7) is -0.0741. The topological polar surface area (TPSA) is 88.2 Å². The second-order valence-electron chi connectivity index (χ2n) is 1.97. The summed E-state index contributed by atoms with van der Waals surface area (Å²) < 4.78 is 1.25. The quantitative estimate of drug-likeness (QED) is 0.578. The first-order valence-corrected chi connectivity index (χ1v) is 2.93. The van der Waals surface area contributed by atoms with Gasteiger partial charge >= 0.3 is 5.97 Å². The molecule has 0 aliphatic heterocycles. The molecular formula is C5H7N3O3. The van der Waals surface area contributed by atoms with Crippen LogP contribution in [0.15, 0.2) is 12.7 Å². The van der Waals surface area contributed by atoms with Crippen molar-refractivity contribution in [3.05, 3.63) is 12.7 Å². The number of nitrogens with zero attached hydrogens (tertiary/aromatic N) is 3. The first-order chi connectivity index (χ1) is 5.20. The van der Waals surface area contributed by atoms with Crippen LogP contribution in [0.5, 0.6) is 0 Å². The maximum absolute atomic E-state index is 10.1. The summed E-state index contributed by atoms with van der Waals surface area (Å²) in [5.41, 5.74) is 0. The fourth-order valence-corrected chi connectivity index (χ4v) is 0.582. The normalized spacial score (nSPS) is 12.8. The standard InChI is InChI=1S/C5H7N3O3/c9-4(5(10)11)1-8-3-6-2-7-8/h2-4,9H,1H2,(H,10,11)/i2+1,3+1,6+1,7+1,8+1. The van der Waals surface area contributed by atoms with Gasteiger partial charge < -0.3 is 10.2 Å². The predicted octanol–water partition coefficient (Wildman–Crippen LogP) is -1.28. The van der Waals surface area contributed by atoms with Crippen LogP contribution in [0.25, 0.3) is 0 Å². The number of aliphatic carboxylic acids is 1. The zero-order valence-corrected chi connectivity index (χ0v) is 5.58. The Morgan fingerprint density at radius 3 is 2.91 bits per heavy atom. The molecule has 1 aromatic heterocycles. The van der Waals surface area contributed by atoms with Crippen LogP contribution in [-0.2, 0) is 11.3 Å². The minimum absolute atomic E-state index is 0.0741. The van der Waals surface area contributed by atoms with E-state index < -0.39 is 12.1 Å². The van der Waals surface area contributed by atoms with Gasteiger partial charge in [-0.1, -0.05) is 0 Å². The highest BCUT2D eigenvalue weighted by molar-refractivity contribution is 5.71. The minimum Gasteiger partial charge on any atom is -0.479 e. The van der Waals surface area contributed by atoms with Crippen molar-refractivity contribution in [3.8, 4) is 0 Å². The monoisotopic (exact) mass is 162 g/mol. The summed E-state index contributed by atoms with van der Waals surface area (Å²) in [6, 6.07) is 0. The molecular weight excluding hydrogens is 155 g/mol. The third-order valence-corrected chi connectivity index (χ3v) is 1.11. The number of carboxylic acids is 1. The Balaban J connectivity index is 2.50. The number of carbonyl (C=O) groups is 1. The molecule has 0 saturated heterocycles. The van der Waals surface area contributed by atoms with Crippen molar-refractivity contribution >= 4 is 5.97 Å². The molecule has 1 rings (SSSR count). The van der Waals surface area contributed by atoms with Gasteiger partial charge in [0.15, 0.2) is 6.10 Å². The van der Waals surface area contributed by atoms with E-state index >= 15 is 0 Å². The van der Waals surface area contributed by atoms with Crippen LogP contribution >= 0.6 is 0 Å². The molecule has 60 valence electrons. The number of aromatic nitrogens is 3. The van der Waals surface area contributed by atoms with E-state index in [0.717, 1.165) is 0 Å². The van der Waals surface area contributed by atoms with E-state index in [-0.39, 0.29) is 6.54 Å². The lowest BCUT2D eigenvalue weighted by Crippen LogP contribution is -2.25.